The maximum Gasteiger partial charge on any atom is 0.241 e. The third kappa shape index (κ3) is 2.24. The molecule has 3 nitrogen and oxygen atoms in total. The van der Waals surface area contributed by atoms with E-state index < -0.39 is 0 Å². The van der Waals surface area contributed by atoms with Gasteiger partial charge < -0.3 is 4.90 Å². The molecule has 0 spiro atoms. The summed E-state index contributed by atoms with van der Waals surface area (Å²) in [6, 6.07) is 0.503. The van der Waals surface area contributed by atoms with Gasteiger partial charge in [0.1, 0.15) is 0 Å². The molecule has 1 heterocycles. The Balaban J connectivity index is 1.94. The van der Waals surface area contributed by atoms with Crippen LogP contribution in [0.3, 0.4) is 0 Å². The van der Waals surface area contributed by atoms with Gasteiger partial charge in [-0.25, -0.2) is 0 Å². The highest BCUT2D eigenvalue weighted by Gasteiger charge is 2.35. The van der Waals surface area contributed by atoms with Crippen molar-refractivity contribution in [3.63, 3.8) is 0 Å². The largest absolute Gasteiger partial charge is 0.326 e. The molecule has 2 aliphatic rings. The van der Waals surface area contributed by atoms with Crippen molar-refractivity contribution in [1.82, 2.24) is 10.2 Å². The minimum absolute atomic E-state index is 0.0750. The fourth-order valence-corrected chi connectivity index (χ4v) is 3.11. The number of carbonyl (C=O) groups is 1. The van der Waals surface area contributed by atoms with Gasteiger partial charge in [-0.05, 0) is 32.1 Å². The molecule has 1 N–H and O–H groups in total. The molecule has 2 fully saturated rings. The first-order chi connectivity index (χ1) is 7.74. The average Bonchev–Trinajstić information content (AvgIpc) is 2.70. The second kappa shape index (κ2) is 5.17. The zero-order valence-electron chi connectivity index (χ0n) is 10.5. The highest BCUT2D eigenvalue weighted by atomic mass is 16.2. The van der Waals surface area contributed by atoms with Crippen LogP contribution in [0.1, 0.15) is 52.4 Å². The predicted molar refractivity (Wildman–Crippen MR) is 65.0 cm³/mol. The van der Waals surface area contributed by atoms with Gasteiger partial charge in [0.05, 0.1) is 12.7 Å². The minimum Gasteiger partial charge on any atom is -0.326 e. The molecule has 0 bridgehead atoms. The van der Waals surface area contributed by atoms with E-state index in [1.807, 2.05) is 0 Å². The fourth-order valence-electron chi connectivity index (χ4n) is 3.11. The predicted octanol–water partition coefficient (Wildman–Crippen LogP) is 2.12. The molecule has 16 heavy (non-hydrogen) atoms. The van der Waals surface area contributed by atoms with Crippen LogP contribution in [0.5, 0.6) is 0 Å². The Kier molecular flexibility index (Phi) is 3.85. The molecule has 1 amide bonds. The standard InChI is InChI=1S/C13H24N2O/c1-3-12-13(16)15(9-14-12)10(2)11-7-5-4-6-8-11/h10-12,14H,3-9H2,1-2H3. The third-order valence-corrected chi connectivity index (χ3v) is 4.32. The van der Waals surface area contributed by atoms with Gasteiger partial charge >= 0.3 is 0 Å². The van der Waals surface area contributed by atoms with E-state index in [0.29, 0.717) is 11.9 Å². The van der Waals surface area contributed by atoms with E-state index in [1.54, 1.807) is 0 Å². The fraction of sp³-hybridized carbons (Fsp3) is 0.923. The summed E-state index contributed by atoms with van der Waals surface area (Å²) in [5.41, 5.74) is 0. The van der Waals surface area contributed by atoms with Crippen LogP contribution in [0.2, 0.25) is 0 Å². The summed E-state index contributed by atoms with van der Waals surface area (Å²) in [4.78, 5) is 14.1. The van der Waals surface area contributed by atoms with Crippen molar-refractivity contribution in [2.45, 2.75) is 64.5 Å². The number of rotatable bonds is 3. The minimum atomic E-state index is 0.0750. The van der Waals surface area contributed by atoms with Crippen LogP contribution in [-0.2, 0) is 4.79 Å². The molecular formula is C13H24N2O. The number of carbonyl (C=O) groups excluding carboxylic acids is 1. The normalized spacial score (nSPS) is 29.8. The monoisotopic (exact) mass is 224 g/mol. The van der Waals surface area contributed by atoms with Crippen LogP contribution in [0.4, 0.5) is 0 Å². The lowest BCUT2D eigenvalue weighted by Gasteiger charge is -2.33. The highest BCUT2D eigenvalue weighted by Crippen LogP contribution is 2.29. The molecule has 92 valence electrons. The van der Waals surface area contributed by atoms with E-state index in [0.717, 1.165) is 19.0 Å². The van der Waals surface area contributed by atoms with Crippen molar-refractivity contribution in [2.24, 2.45) is 5.92 Å². The van der Waals surface area contributed by atoms with Crippen molar-refractivity contribution in [2.75, 3.05) is 6.67 Å². The first-order valence-electron chi connectivity index (χ1n) is 6.78. The Bertz CT molecular complexity index is 248. The first kappa shape index (κ1) is 11.9. The van der Waals surface area contributed by atoms with E-state index >= 15 is 0 Å². The Morgan fingerprint density at radius 2 is 2.06 bits per heavy atom. The van der Waals surface area contributed by atoms with Crippen LogP contribution in [0, 0.1) is 5.92 Å². The van der Waals surface area contributed by atoms with Crippen LogP contribution in [0.25, 0.3) is 0 Å². The third-order valence-electron chi connectivity index (χ3n) is 4.32. The topological polar surface area (TPSA) is 32.3 Å². The molecule has 2 unspecified atom stereocenters. The number of hydrogen-bond donors (Lipinski definition) is 1. The number of nitrogens with zero attached hydrogens (tertiary/aromatic N) is 1. The SMILES string of the molecule is CCC1NCN(C(C)C2CCCCC2)C1=O. The lowest BCUT2D eigenvalue weighted by Crippen LogP contribution is -2.41. The Labute approximate surface area is 98.6 Å². The lowest BCUT2D eigenvalue weighted by atomic mass is 9.84. The zero-order valence-corrected chi connectivity index (χ0v) is 10.5. The van der Waals surface area contributed by atoms with E-state index in [2.05, 4.69) is 24.1 Å². The molecule has 0 aromatic heterocycles. The molecule has 1 saturated heterocycles. The summed E-state index contributed by atoms with van der Waals surface area (Å²) in [6.45, 7) is 5.06. The lowest BCUT2D eigenvalue weighted by molar-refractivity contribution is -0.131. The van der Waals surface area contributed by atoms with Crippen molar-refractivity contribution < 1.29 is 4.79 Å². The molecule has 1 aliphatic heterocycles. The summed E-state index contributed by atoms with van der Waals surface area (Å²) >= 11 is 0. The molecule has 2 atom stereocenters. The van der Waals surface area contributed by atoms with E-state index in [1.165, 1.54) is 32.1 Å². The Morgan fingerprint density at radius 3 is 2.62 bits per heavy atom. The van der Waals surface area contributed by atoms with E-state index in [-0.39, 0.29) is 6.04 Å². The maximum absolute atomic E-state index is 12.1. The molecule has 1 aliphatic carbocycles. The summed E-state index contributed by atoms with van der Waals surface area (Å²) < 4.78 is 0. The van der Waals surface area contributed by atoms with Crippen molar-refractivity contribution in [3.05, 3.63) is 0 Å². The van der Waals surface area contributed by atoms with Gasteiger partial charge in [-0.3, -0.25) is 10.1 Å². The van der Waals surface area contributed by atoms with Gasteiger partial charge in [0, 0.05) is 6.04 Å². The van der Waals surface area contributed by atoms with Crippen LogP contribution >= 0.6 is 0 Å². The average molecular weight is 224 g/mol. The van der Waals surface area contributed by atoms with Crippen LogP contribution < -0.4 is 5.32 Å². The smallest absolute Gasteiger partial charge is 0.241 e. The van der Waals surface area contributed by atoms with Crippen LogP contribution in [0.15, 0.2) is 0 Å². The number of amides is 1. The molecule has 0 aromatic rings. The maximum atomic E-state index is 12.1. The molecule has 0 radical (unpaired) electrons. The molecule has 2 rings (SSSR count). The second-order valence-electron chi connectivity index (χ2n) is 5.27. The zero-order chi connectivity index (χ0) is 11.5. The van der Waals surface area contributed by atoms with Crippen molar-refractivity contribution in [1.29, 1.82) is 0 Å². The molecular weight excluding hydrogens is 200 g/mol. The molecule has 1 saturated carbocycles. The van der Waals surface area contributed by atoms with Crippen LogP contribution in [-0.4, -0.2) is 29.6 Å². The van der Waals surface area contributed by atoms with Gasteiger partial charge in [0.15, 0.2) is 0 Å². The van der Waals surface area contributed by atoms with E-state index in [9.17, 15) is 4.79 Å². The summed E-state index contributed by atoms with van der Waals surface area (Å²) in [6.07, 6.45) is 7.60. The Morgan fingerprint density at radius 1 is 1.38 bits per heavy atom. The van der Waals surface area contributed by atoms with Crippen molar-refractivity contribution in [3.8, 4) is 0 Å². The van der Waals surface area contributed by atoms with Gasteiger partial charge in [-0.2, -0.15) is 0 Å². The summed E-state index contributed by atoms with van der Waals surface area (Å²) in [7, 11) is 0. The quantitative estimate of drug-likeness (QED) is 0.796. The van der Waals surface area contributed by atoms with E-state index in [4.69, 9.17) is 0 Å². The Hall–Kier alpha value is -0.570. The molecule has 3 heteroatoms. The van der Waals surface area contributed by atoms with Crippen molar-refractivity contribution >= 4 is 5.91 Å². The number of nitrogens with one attached hydrogen (secondary N) is 1. The number of hydrogen-bond acceptors (Lipinski definition) is 2. The van der Waals surface area contributed by atoms with Gasteiger partial charge in [-0.15, -0.1) is 0 Å². The second-order valence-corrected chi connectivity index (χ2v) is 5.27. The highest BCUT2D eigenvalue weighted by molar-refractivity contribution is 5.83. The summed E-state index contributed by atoms with van der Waals surface area (Å²) in [5, 5.41) is 3.30. The molecule has 0 aromatic carbocycles. The van der Waals surface area contributed by atoms with Gasteiger partial charge in [0.25, 0.3) is 0 Å². The summed E-state index contributed by atoms with van der Waals surface area (Å²) in [5.74, 6) is 1.05. The van der Waals surface area contributed by atoms with Gasteiger partial charge in [-0.1, -0.05) is 26.2 Å². The first-order valence-corrected chi connectivity index (χ1v) is 6.78. The van der Waals surface area contributed by atoms with Gasteiger partial charge in [0.2, 0.25) is 5.91 Å².